The van der Waals surface area contributed by atoms with Gasteiger partial charge in [0.25, 0.3) is 0 Å². The van der Waals surface area contributed by atoms with E-state index >= 15 is 0 Å². The summed E-state index contributed by atoms with van der Waals surface area (Å²) in [7, 11) is -3.66. The molecule has 28 heavy (non-hydrogen) atoms. The van der Waals surface area contributed by atoms with E-state index < -0.39 is 10.0 Å². The van der Waals surface area contributed by atoms with E-state index in [-0.39, 0.29) is 23.3 Å². The Labute approximate surface area is 164 Å². The average Bonchev–Trinajstić information content (AvgIpc) is 2.70. The summed E-state index contributed by atoms with van der Waals surface area (Å²) in [5.74, 6) is 0.0218. The number of fused-ring (bicyclic) bond motifs is 1. The first-order chi connectivity index (χ1) is 13.5. The van der Waals surface area contributed by atoms with Crippen molar-refractivity contribution in [2.24, 2.45) is 16.5 Å². The summed E-state index contributed by atoms with van der Waals surface area (Å²) in [6.07, 6.45) is 3.80. The number of nitrogens with zero attached hydrogens (tertiary/aromatic N) is 2. The molecular weight excluding hydrogens is 374 g/mol. The zero-order valence-corrected chi connectivity index (χ0v) is 16.1. The van der Waals surface area contributed by atoms with Gasteiger partial charge in [0.05, 0.1) is 4.90 Å². The maximum atomic E-state index is 12.8. The molecular formula is C20H23N5O2S. The Morgan fingerprint density at radius 2 is 1.86 bits per heavy atom. The van der Waals surface area contributed by atoms with Crippen LogP contribution in [0.15, 0.2) is 76.9 Å². The van der Waals surface area contributed by atoms with Gasteiger partial charge >= 0.3 is 0 Å². The minimum atomic E-state index is -3.66. The van der Waals surface area contributed by atoms with Gasteiger partial charge in [0.1, 0.15) is 0 Å². The van der Waals surface area contributed by atoms with Crippen LogP contribution in [0.1, 0.15) is 17.9 Å². The second kappa shape index (κ2) is 8.81. The SMILES string of the molecule is NC(N)=NCC(CCNS(=O)(=O)c1cccc2cnccc12)c1ccccc1. The van der Waals surface area contributed by atoms with Crippen LogP contribution < -0.4 is 16.2 Å². The quantitative estimate of drug-likeness (QED) is 0.396. The summed E-state index contributed by atoms with van der Waals surface area (Å²) >= 11 is 0. The molecule has 146 valence electrons. The molecule has 1 aromatic heterocycles. The molecule has 0 radical (unpaired) electrons. The van der Waals surface area contributed by atoms with Gasteiger partial charge in [0.15, 0.2) is 5.96 Å². The van der Waals surface area contributed by atoms with Crippen LogP contribution in [0.4, 0.5) is 0 Å². The van der Waals surface area contributed by atoms with Gasteiger partial charge in [-0.2, -0.15) is 0 Å². The molecule has 0 amide bonds. The van der Waals surface area contributed by atoms with Gasteiger partial charge in [0.2, 0.25) is 10.0 Å². The summed E-state index contributed by atoms with van der Waals surface area (Å²) in [5, 5.41) is 1.42. The molecule has 5 N–H and O–H groups in total. The van der Waals surface area contributed by atoms with Gasteiger partial charge in [-0.1, -0.05) is 42.5 Å². The molecule has 0 bridgehead atoms. The van der Waals surface area contributed by atoms with Crippen LogP contribution in [0.3, 0.4) is 0 Å². The highest BCUT2D eigenvalue weighted by Crippen LogP contribution is 2.23. The van der Waals surface area contributed by atoms with Crippen molar-refractivity contribution in [2.45, 2.75) is 17.2 Å². The minimum Gasteiger partial charge on any atom is -0.370 e. The smallest absolute Gasteiger partial charge is 0.241 e. The Hall–Kier alpha value is -2.97. The number of pyridine rings is 1. The van der Waals surface area contributed by atoms with Crippen LogP contribution in [-0.2, 0) is 10.0 Å². The molecule has 0 spiro atoms. The van der Waals surface area contributed by atoms with Crippen molar-refractivity contribution in [1.29, 1.82) is 0 Å². The normalized spacial score (nSPS) is 12.6. The van der Waals surface area contributed by atoms with Crippen LogP contribution in [0.25, 0.3) is 10.8 Å². The number of nitrogens with two attached hydrogens (primary N) is 2. The predicted octanol–water partition coefficient (Wildman–Crippen LogP) is 1.96. The van der Waals surface area contributed by atoms with Crippen molar-refractivity contribution >= 4 is 26.8 Å². The summed E-state index contributed by atoms with van der Waals surface area (Å²) < 4.78 is 28.4. The number of nitrogens with one attached hydrogen (secondary N) is 1. The third-order valence-electron chi connectivity index (χ3n) is 4.48. The molecule has 1 unspecified atom stereocenters. The summed E-state index contributed by atoms with van der Waals surface area (Å²) in [6.45, 7) is 0.664. The third-order valence-corrected chi connectivity index (χ3v) is 6.00. The van der Waals surface area contributed by atoms with Crippen LogP contribution >= 0.6 is 0 Å². The Morgan fingerprint density at radius 1 is 1.07 bits per heavy atom. The lowest BCUT2D eigenvalue weighted by atomic mass is 9.96. The molecule has 3 rings (SSSR count). The molecule has 0 fully saturated rings. The van der Waals surface area contributed by atoms with Gasteiger partial charge < -0.3 is 11.5 Å². The largest absolute Gasteiger partial charge is 0.370 e. The van der Waals surface area contributed by atoms with E-state index in [2.05, 4.69) is 14.7 Å². The molecule has 1 heterocycles. The fraction of sp³-hybridized carbons (Fsp3) is 0.200. The number of hydrogen-bond donors (Lipinski definition) is 3. The van der Waals surface area contributed by atoms with Crippen molar-refractivity contribution in [3.05, 3.63) is 72.6 Å². The highest BCUT2D eigenvalue weighted by Gasteiger charge is 2.18. The highest BCUT2D eigenvalue weighted by molar-refractivity contribution is 7.89. The van der Waals surface area contributed by atoms with Gasteiger partial charge in [0, 0.05) is 42.2 Å². The molecule has 0 saturated heterocycles. The molecule has 0 saturated carbocycles. The lowest BCUT2D eigenvalue weighted by molar-refractivity contribution is 0.568. The highest BCUT2D eigenvalue weighted by atomic mass is 32.2. The number of sulfonamides is 1. The first-order valence-corrected chi connectivity index (χ1v) is 10.4. The monoisotopic (exact) mass is 397 g/mol. The number of hydrogen-bond acceptors (Lipinski definition) is 4. The van der Waals surface area contributed by atoms with Crippen LogP contribution in [0, 0.1) is 0 Å². The van der Waals surface area contributed by atoms with Crippen LogP contribution in [0.2, 0.25) is 0 Å². The number of benzene rings is 2. The summed E-state index contributed by atoms with van der Waals surface area (Å²) in [5.41, 5.74) is 12.0. The Bertz CT molecular complexity index is 1060. The van der Waals surface area contributed by atoms with E-state index in [1.54, 1.807) is 30.6 Å². The van der Waals surface area contributed by atoms with E-state index in [9.17, 15) is 8.42 Å². The Morgan fingerprint density at radius 3 is 2.61 bits per heavy atom. The van der Waals surface area contributed by atoms with E-state index in [4.69, 9.17) is 11.5 Å². The average molecular weight is 398 g/mol. The number of aromatic nitrogens is 1. The fourth-order valence-electron chi connectivity index (χ4n) is 3.08. The first-order valence-electron chi connectivity index (χ1n) is 8.90. The van der Waals surface area contributed by atoms with E-state index in [0.717, 1.165) is 10.9 Å². The Kier molecular flexibility index (Phi) is 6.23. The molecule has 3 aromatic rings. The minimum absolute atomic E-state index is 0.00252. The lowest BCUT2D eigenvalue weighted by Gasteiger charge is -2.16. The molecule has 0 aliphatic rings. The summed E-state index contributed by atoms with van der Waals surface area (Å²) in [6, 6.07) is 16.6. The van der Waals surface area contributed by atoms with Crippen molar-refractivity contribution in [1.82, 2.24) is 9.71 Å². The Balaban J connectivity index is 1.74. The standard InChI is InChI=1S/C20H23N5O2S/c21-20(22)24-14-16(15-5-2-1-3-6-15)9-12-25-28(26,27)19-8-4-7-17-13-23-11-10-18(17)19/h1-8,10-11,13,16,25H,9,12,14H2,(H4,21,22,24). The zero-order valence-electron chi connectivity index (χ0n) is 15.3. The molecule has 1 atom stereocenters. The van der Waals surface area contributed by atoms with E-state index in [1.165, 1.54) is 0 Å². The van der Waals surface area contributed by atoms with Gasteiger partial charge in [-0.05, 0) is 24.1 Å². The lowest BCUT2D eigenvalue weighted by Crippen LogP contribution is -2.27. The van der Waals surface area contributed by atoms with Crippen molar-refractivity contribution in [2.75, 3.05) is 13.1 Å². The molecule has 0 aliphatic heterocycles. The van der Waals surface area contributed by atoms with Crippen LogP contribution in [0.5, 0.6) is 0 Å². The number of rotatable bonds is 8. The molecule has 2 aromatic carbocycles. The van der Waals surface area contributed by atoms with Crippen molar-refractivity contribution in [3.63, 3.8) is 0 Å². The zero-order chi connectivity index (χ0) is 20.0. The van der Waals surface area contributed by atoms with Gasteiger partial charge in [-0.25, -0.2) is 13.1 Å². The topological polar surface area (TPSA) is 123 Å². The molecule has 8 heteroatoms. The molecule has 7 nitrogen and oxygen atoms in total. The maximum Gasteiger partial charge on any atom is 0.241 e. The predicted molar refractivity (Wildman–Crippen MR) is 111 cm³/mol. The van der Waals surface area contributed by atoms with Gasteiger partial charge in [-0.3, -0.25) is 9.98 Å². The second-order valence-electron chi connectivity index (χ2n) is 6.41. The summed E-state index contributed by atoms with van der Waals surface area (Å²) in [4.78, 5) is 8.39. The molecule has 0 aliphatic carbocycles. The van der Waals surface area contributed by atoms with E-state index in [1.807, 2.05) is 36.4 Å². The third kappa shape index (κ3) is 4.85. The van der Waals surface area contributed by atoms with Crippen LogP contribution in [-0.4, -0.2) is 32.5 Å². The first kappa shape index (κ1) is 19.8. The fourth-order valence-corrected chi connectivity index (χ4v) is 4.35. The van der Waals surface area contributed by atoms with Crippen molar-refractivity contribution < 1.29 is 8.42 Å². The number of guanidine groups is 1. The van der Waals surface area contributed by atoms with Gasteiger partial charge in [-0.15, -0.1) is 0 Å². The maximum absolute atomic E-state index is 12.8. The van der Waals surface area contributed by atoms with Crippen molar-refractivity contribution in [3.8, 4) is 0 Å². The number of aliphatic imine (C=N–C) groups is 1. The second-order valence-corrected chi connectivity index (χ2v) is 8.15. The van der Waals surface area contributed by atoms with E-state index in [0.29, 0.717) is 18.4 Å².